The highest BCUT2D eigenvalue weighted by molar-refractivity contribution is 4.77. The van der Waals surface area contributed by atoms with Crippen LogP contribution in [0.4, 0.5) is 0 Å². The van der Waals surface area contributed by atoms with Crippen molar-refractivity contribution in [2.45, 2.75) is 46.5 Å². The van der Waals surface area contributed by atoms with Gasteiger partial charge < -0.3 is 4.74 Å². The first-order valence-electron chi connectivity index (χ1n) is 5.71. The molecule has 0 aliphatic heterocycles. The van der Waals surface area contributed by atoms with Gasteiger partial charge in [-0.3, -0.25) is 0 Å². The maximum Gasteiger partial charge on any atom is 0.0677 e. The Hall–Kier alpha value is -0.550. The fourth-order valence-electron chi connectivity index (χ4n) is 1.35. The second kappa shape index (κ2) is 9.02. The van der Waals surface area contributed by atoms with E-state index in [1.807, 2.05) is 6.92 Å². The van der Waals surface area contributed by atoms with Gasteiger partial charge in [0.15, 0.2) is 0 Å². The van der Waals surface area contributed by atoms with Crippen molar-refractivity contribution in [3.63, 3.8) is 0 Å². The van der Waals surface area contributed by atoms with Crippen LogP contribution in [0.2, 0.25) is 0 Å². The van der Waals surface area contributed by atoms with Crippen LogP contribution in [0, 0.1) is 23.2 Å². The van der Waals surface area contributed by atoms with Gasteiger partial charge in [-0.05, 0) is 19.3 Å². The lowest BCUT2D eigenvalue weighted by molar-refractivity contribution is 0.0817. The van der Waals surface area contributed by atoms with E-state index in [0.717, 1.165) is 6.61 Å². The molecule has 82 valence electrons. The van der Waals surface area contributed by atoms with Gasteiger partial charge >= 0.3 is 0 Å². The first-order chi connectivity index (χ1) is 6.74. The molecule has 2 heteroatoms. The summed E-state index contributed by atoms with van der Waals surface area (Å²) in [7, 11) is 0. The summed E-state index contributed by atoms with van der Waals surface area (Å²) in [5.74, 6) is 0.708. The lowest BCUT2D eigenvalue weighted by Gasteiger charge is -2.14. The molecule has 0 rings (SSSR count). The highest BCUT2D eigenvalue weighted by Crippen LogP contribution is 2.13. The average molecular weight is 197 g/mol. The van der Waals surface area contributed by atoms with Crippen molar-refractivity contribution in [3.05, 3.63) is 0 Å². The van der Waals surface area contributed by atoms with E-state index in [-0.39, 0.29) is 5.92 Å². The number of nitrogens with zero attached hydrogens (tertiary/aromatic N) is 1. The molecule has 0 saturated carbocycles. The standard InChI is InChI=1S/C12H23NO/c1-4-6-7-12(5-2)10-14-9-11(3)8-13/h11-12H,4-7,9-10H2,1-3H3. The smallest absolute Gasteiger partial charge is 0.0677 e. The molecule has 0 heterocycles. The van der Waals surface area contributed by atoms with Crippen LogP contribution in [0.1, 0.15) is 46.5 Å². The molecule has 0 aromatic carbocycles. The summed E-state index contributed by atoms with van der Waals surface area (Å²) in [6.45, 7) is 7.72. The third-order valence-corrected chi connectivity index (χ3v) is 2.49. The Labute approximate surface area is 88.3 Å². The number of rotatable bonds is 8. The molecule has 0 aromatic rings. The van der Waals surface area contributed by atoms with Crippen molar-refractivity contribution < 1.29 is 4.74 Å². The van der Waals surface area contributed by atoms with Crippen molar-refractivity contribution in [3.8, 4) is 6.07 Å². The van der Waals surface area contributed by atoms with Gasteiger partial charge in [-0.25, -0.2) is 0 Å². The minimum atomic E-state index is 0.0266. The molecule has 0 N–H and O–H groups in total. The van der Waals surface area contributed by atoms with E-state index < -0.39 is 0 Å². The third kappa shape index (κ3) is 6.91. The van der Waals surface area contributed by atoms with Crippen LogP contribution in [0.3, 0.4) is 0 Å². The van der Waals surface area contributed by atoms with E-state index in [1.165, 1.54) is 25.7 Å². The lowest BCUT2D eigenvalue weighted by Crippen LogP contribution is -2.12. The molecular formula is C12H23NO. The molecule has 0 amide bonds. The fraction of sp³-hybridized carbons (Fsp3) is 0.917. The van der Waals surface area contributed by atoms with Crippen molar-refractivity contribution in [1.29, 1.82) is 5.26 Å². The quantitative estimate of drug-likeness (QED) is 0.597. The van der Waals surface area contributed by atoms with E-state index in [1.54, 1.807) is 0 Å². The molecule has 2 unspecified atom stereocenters. The predicted molar refractivity (Wildman–Crippen MR) is 58.9 cm³/mol. The molecule has 0 saturated heterocycles. The predicted octanol–water partition coefficient (Wildman–Crippen LogP) is 3.38. The second-order valence-electron chi connectivity index (χ2n) is 3.98. The molecule has 0 fully saturated rings. The molecule has 2 nitrogen and oxygen atoms in total. The molecular weight excluding hydrogens is 174 g/mol. The highest BCUT2D eigenvalue weighted by atomic mass is 16.5. The zero-order valence-electron chi connectivity index (χ0n) is 9.75. The Balaban J connectivity index is 3.48. The largest absolute Gasteiger partial charge is 0.380 e. The van der Waals surface area contributed by atoms with E-state index in [2.05, 4.69) is 19.9 Å². The molecule has 0 aliphatic carbocycles. The van der Waals surface area contributed by atoms with Crippen LogP contribution in [-0.2, 0) is 4.74 Å². The molecule has 14 heavy (non-hydrogen) atoms. The van der Waals surface area contributed by atoms with Gasteiger partial charge in [0.1, 0.15) is 0 Å². The Bertz CT molecular complexity index is 162. The van der Waals surface area contributed by atoms with E-state index >= 15 is 0 Å². The molecule has 0 aromatic heterocycles. The summed E-state index contributed by atoms with van der Waals surface area (Å²) < 4.78 is 5.51. The topological polar surface area (TPSA) is 33.0 Å². The monoisotopic (exact) mass is 197 g/mol. The van der Waals surface area contributed by atoms with Crippen LogP contribution < -0.4 is 0 Å². The van der Waals surface area contributed by atoms with E-state index in [9.17, 15) is 0 Å². The number of unbranched alkanes of at least 4 members (excludes halogenated alkanes) is 1. The number of ether oxygens (including phenoxy) is 1. The van der Waals surface area contributed by atoms with Gasteiger partial charge in [0.25, 0.3) is 0 Å². The Kier molecular flexibility index (Phi) is 8.67. The van der Waals surface area contributed by atoms with Gasteiger partial charge in [-0.2, -0.15) is 5.26 Å². The fourth-order valence-corrected chi connectivity index (χ4v) is 1.35. The molecule has 0 aliphatic rings. The highest BCUT2D eigenvalue weighted by Gasteiger charge is 2.07. The van der Waals surface area contributed by atoms with Crippen LogP contribution in [-0.4, -0.2) is 13.2 Å². The Morgan fingerprint density at radius 1 is 1.29 bits per heavy atom. The Morgan fingerprint density at radius 2 is 2.00 bits per heavy atom. The number of nitriles is 1. The van der Waals surface area contributed by atoms with E-state index in [0.29, 0.717) is 12.5 Å². The van der Waals surface area contributed by atoms with Crippen molar-refractivity contribution in [2.24, 2.45) is 11.8 Å². The molecule has 0 radical (unpaired) electrons. The summed E-state index contributed by atoms with van der Waals surface area (Å²) in [6.07, 6.45) is 4.98. The summed E-state index contributed by atoms with van der Waals surface area (Å²) in [5, 5.41) is 8.57. The van der Waals surface area contributed by atoms with Crippen LogP contribution in [0.15, 0.2) is 0 Å². The van der Waals surface area contributed by atoms with Crippen molar-refractivity contribution >= 4 is 0 Å². The second-order valence-corrected chi connectivity index (χ2v) is 3.98. The Morgan fingerprint density at radius 3 is 2.50 bits per heavy atom. The first-order valence-corrected chi connectivity index (χ1v) is 5.71. The normalized spacial score (nSPS) is 14.7. The van der Waals surface area contributed by atoms with Crippen molar-refractivity contribution in [2.75, 3.05) is 13.2 Å². The average Bonchev–Trinajstić information content (AvgIpc) is 2.22. The maximum atomic E-state index is 8.57. The maximum absolute atomic E-state index is 8.57. The summed E-state index contributed by atoms with van der Waals surface area (Å²) >= 11 is 0. The minimum absolute atomic E-state index is 0.0266. The SMILES string of the molecule is CCCCC(CC)COCC(C)C#N. The zero-order valence-corrected chi connectivity index (χ0v) is 9.75. The molecule has 0 spiro atoms. The zero-order chi connectivity index (χ0) is 10.8. The molecule has 0 bridgehead atoms. The first kappa shape index (κ1) is 13.4. The summed E-state index contributed by atoms with van der Waals surface area (Å²) in [4.78, 5) is 0. The summed E-state index contributed by atoms with van der Waals surface area (Å²) in [6, 6.07) is 2.17. The minimum Gasteiger partial charge on any atom is -0.380 e. The van der Waals surface area contributed by atoms with Gasteiger partial charge in [0.2, 0.25) is 0 Å². The van der Waals surface area contributed by atoms with Crippen LogP contribution in [0.5, 0.6) is 0 Å². The molecule has 2 atom stereocenters. The van der Waals surface area contributed by atoms with E-state index in [4.69, 9.17) is 10.00 Å². The van der Waals surface area contributed by atoms with Gasteiger partial charge in [0.05, 0.1) is 18.6 Å². The number of hydrogen-bond donors (Lipinski definition) is 0. The third-order valence-electron chi connectivity index (χ3n) is 2.49. The summed E-state index contributed by atoms with van der Waals surface area (Å²) in [5.41, 5.74) is 0. The lowest BCUT2D eigenvalue weighted by atomic mass is 10.0. The van der Waals surface area contributed by atoms with Crippen LogP contribution >= 0.6 is 0 Å². The number of hydrogen-bond acceptors (Lipinski definition) is 2. The van der Waals surface area contributed by atoms with Gasteiger partial charge in [-0.1, -0.05) is 33.1 Å². The van der Waals surface area contributed by atoms with Gasteiger partial charge in [0, 0.05) is 6.61 Å². The van der Waals surface area contributed by atoms with Crippen molar-refractivity contribution in [1.82, 2.24) is 0 Å². The van der Waals surface area contributed by atoms with Gasteiger partial charge in [-0.15, -0.1) is 0 Å². The van der Waals surface area contributed by atoms with Crippen LogP contribution in [0.25, 0.3) is 0 Å².